The zero-order valence-corrected chi connectivity index (χ0v) is 21.5. The monoisotopic (exact) mass is 503 g/mol. The molecular formula is C30H34FN3O3. The molecule has 7 heteroatoms. The van der Waals surface area contributed by atoms with E-state index in [9.17, 15) is 9.18 Å². The number of carbonyl (C=O) groups excluding carboxylic acids is 1. The normalized spacial score (nSPS) is 19.1. The molecule has 0 saturated carbocycles. The predicted molar refractivity (Wildman–Crippen MR) is 143 cm³/mol. The van der Waals surface area contributed by atoms with Crippen LogP contribution >= 0.6 is 0 Å². The molecule has 0 unspecified atom stereocenters. The Hall–Kier alpha value is -3.58. The fraction of sp³-hybridized carbons (Fsp3) is 0.367. The van der Waals surface area contributed by atoms with E-state index in [0.717, 1.165) is 43.7 Å². The van der Waals surface area contributed by atoms with Crippen LogP contribution in [0.5, 0.6) is 11.5 Å². The summed E-state index contributed by atoms with van der Waals surface area (Å²) in [6.45, 7) is 3.85. The Bertz CT molecular complexity index is 1230. The van der Waals surface area contributed by atoms with Crippen LogP contribution in [0.15, 0.2) is 66.7 Å². The minimum Gasteiger partial charge on any atom is -0.493 e. The summed E-state index contributed by atoms with van der Waals surface area (Å²) < 4.78 is 24.1. The van der Waals surface area contributed by atoms with Crippen molar-refractivity contribution in [3.63, 3.8) is 0 Å². The second kappa shape index (κ2) is 11.2. The first kappa shape index (κ1) is 25.1. The second-order valence-corrected chi connectivity index (χ2v) is 9.79. The highest BCUT2D eigenvalue weighted by Gasteiger charge is 2.41. The number of amides is 1. The molecule has 2 heterocycles. The van der Waals surface area contributed by atoms with Gasteiger partial charge in [-0.15, -0.1) is 0 Å². The maximum atomic E-state index is 13.5. The summed E-state index contributed by atoms with van der Waals surface area (Å²) in [7, 11) is 3.25. The van der Waals surface area contributed by atoms with E-state index in [0.29, 0.717) is 24.5 Å². The van der Waals surface area contributed by atoms with E-state index in [2.05, 4.69) is 39.4 Å². The Kier molecular flexibility index (Phi) is 7.60. The highest BCUT2D eigenvalue weighted by molar-refractivity contribution is 5.82. The zero-order valence-electron chi connectivity index (χ0n) is 21.5. The lowest BCUT2D eigenvalue weighted by Gasteiger charge is -2.49. The smallest absolute Gasteiger partial charge is 0.225 e. The molecule has 2 atom stereocenters. The molecule has 0 radical (unpaired) electrons. The van der Waals surface area contributed by atoms with Crippen molar-refractivity contribution in [3.8, 4) is 11.5 Å². The molecule has 6 nitrogen and oxygen atoms in total. The number of halogens is 1. The van der Waals surface area contributed by atoms with Crippen LogP contribution in [0.3, 0.4) is 0 Å². The van der Waals surface area contributed by atoms with Gasteiger partial charge in [0, 0.05) is 38.4 Å². The Morgan fingerprint density at radius 3 is 2.51 bits per heavy atom. The number of hydrogen-bond donors (Lipinski definition) is 1. The number of hydrogen-bond acceptors (Lipinski definition) is 5. The summed E-state index contributed by atoms with van der Waals surface area (Å²) in [6.07, 6.45) is 1.43. The van der Waals surface area contributed by atoms with E-state index < -0.39 is 0 Å². The van der Waals surface area contributed by atoms with Crippen LogP contribution in [0.25, 0.3) is 0 Å². The third-order valence-electron chi connectivity index (χ3n) is 7.53. The molecule has 1 fully saturated rings. The molecule has 1 saturated heterocycles. The highest BCUT2D eigenvalue weighted by atomic mass is 19.1. The number of ether oxygens (including phenoxy) is 2. The molecule has 194 valence electrons. The van der Waals surface area contributed by atoms with Gasteiger partial charge in [-0.2, -0.15) is 0 Å². The summed E-state index contributed by atoms with van der Waals surface area (Å²) in [4.78, 5) is 18.3. The number of benzene rings is 3. The summed E-state index contributed by atoms with van der Waals surface area (Å²) in [5.74, 6) is 1.11. The first-order valence-corrected chi connectivity index (χ1v) is 12.9. The van der Waals surface area contributed by atoms with Crippen molar-refractivity contribution in [1.29, 1.82) is 0 Å². The summed E-state index contributed by atoms with van der Waals surface area (Å²) in [5, 5.41) is 3.20. The van der Waals surface area contributed by atoms with E-state index >= 15 is 0 Å². The Morgan fingerprint density at radius 2 is 1.73 bits per heavy atom. The summed E-state index contributed by atoms with van der Waals surface area (Å²) in [6, 6.07) is 21.1. The second-order valence-electron chi connectivity index (χ2n) is 9.79. The topological polar surface area (TPSA) is 54.0 Å². The van der Waals surface area contributed by atoms with Gasteiger partial charge in [0.15, 0.2) is 11.5 Å². The molecule has 0 aliphatic carbocycles. The molecule has 37 heavy (non-hydrogen) atoms. The lowest BCUT2D eigenvalue weighted by Crippen LogP contribution is -2.61. The predicted octanol–water partition coefficient (Wildman–Crippen LogP) is 4.06. The molecule has 0 aromatic heterocycles. The number of nitrogens with one attached hydrogen (secondary N) is 1. The number of rotatable bonds is 8. The average Bonchev–Trinajstić information content (AvgIpc) is 2.93. The van der Waals surface area contributed by atoms with E-state index in [1.807, 2.05) is 30.3 Å². The molecule has 3 aromatic carbocycles. The van der Waals surface area contributed by atoms with Crippen LogP contribution < -0.4 is 19.7 Å². The molecule has 0 bridgehead atoms. The number of piperazine rings is 1. The first-order chi connectivity index (χ1) is 18.1. The van der Waals surface area contributed by atoms with Crippen molar-refractivity contribution < 1.29 is 18.7 Å². The van der Waals surface area contributed by atoms with Crippen molar-refractivity contribution in [1.82, 2.24) is 10.2 Å². The number of anilines is 1. The van der Waals surface area contributed by atoms with E-state index in [-0.39, 0.29) is 23.7 Å². The fourth-order valence-electron chi connectivity index (χ4n) is 5.61. The van der Waals surface area contributed by atoms with Gasteiger partial charge in [-0.25, -0.2) is 4.39 Å². The Balaban J connectivity index is 1.27. The number of para-hydroxylation sites is 1. The summed E-state index contributed by atoms with van der Waals surface area (Å²) >= 11 is 0. The largest absolute Gasteiger partial charge is 0.493 e. The van der Waals surface area contributed by atoms with E-state index in [1.54, 1.807) is 14.2 Å². The van der Waals surface area contributed by atoms with Gasteiger partial charge in [0.05, 0.1) is 26.2 Å². The van der Waals surface area contributed by atoms with Crippen LogP contribution in [0, 0.1) is 11.7 Å². The highest BCUT2D eigenvalue weighted by Crippen LogP contribution is 2.36. The standard InChI is InChI=1S/C30H34FN3O3/c1-36-28-12-9-21(17-29(28)37-2)13-14-32-30(35)25-18-23-5-3-4-6-26(23)34-16-15-33(20-27(25)34)19-22-7-10-24(31)11-8-22/h3-12,17,25,27H,13-16,18-20H2,1-2H3,(H,32,35)/t25-,27-/m1/s1. The van der Waals surface area contributed by atoms with Gasteiger partial charge in [-0.3, -0.25) is 9.69 Å². The van der Waals surface area contributed by atoms with Crippen LogP contribution in [-0.4, -0.2) is 57.2 Å². The van der Waals surface area contributed by atoms with Crippen LogP contribution in [0.1, 0.15) is 16.7 Å². The summed E-state index contributed by atoms with van der Waals surface area (Å²) in [5.41, 5.74) is 4.63. The minimum absolute atomic E-state index is 0.0881. The third kappa shape index (κ3) is 5.57. The number of nitrogens with zero attached hydrogens (tertiary/aromatic N) is 2. The van der Waals surface area contributed by atoms with Crippen molar-refractivity contribution >= 4 is 11.6 Å². The quantitative estimate of drug-likeness (QED) is 0.503. The maximum absolute atomic E-state index is 13.5. The molecule has 2 aliphatic heterocycles. The Labute approximate surface area is 218 Å². The molecular weight excluding hydrogens is 469 g/mol. The van der Waals surface area contributed by atoms with Gasteiger partial charge >= 0.3 is 0 Å². The lowest BCUT2D eigenvalue weighted by atomic mass is 9.83. The lowest BCUT2D eigenvalue weighted by molar-refractivity contribution is -0.126. The van der Waals surface area contributed by atoms with Gasteiger partial charge in [-0.05, 0) is 59.9 Å². The van der Waals surface area contributed by atoms with Crippen molar-refractivity contribution in [2.24, 2.45) is 5.92 Å². The maximum Gasteiger partial charge on any atom is 0.225 e. The zero-order chi connectivity index (χ0) is 25.8. The molecule has 5 rings (SSSR count). The fourth-order valence-corrected chi connectivity index (χ4v) is 5.61. The van der Waals surface area contributed by atoms with Crippen molar-refractivity contribution in [3.05, 3.63) is 89.2 Å². The van der Waals surface area contributed by atoms with E-state index in [4.69, 9.17) is 9.47 Å². The van der Waals surface area contributed by atoms with Crippen LogP contribution in [0.4, 0.5) is 10.1 Å². The van der Waals surface area contributed by atoms with Gasteiger partial charge in [0.25, 0.3) is 0 Å². The van der Waals surface area contributed by atoms with Crippen LogP contribution in [0.2, 0.25) is 0 Å². The van der Waals surface area contributed by atoms with Crippen molar-refractivity contribution in [2.75, 3.05) is 45.3 Å². The molecule has 3 aromatic rings. The van der Waals surface area contributed by atoms with Gasteiger partial charge in [0.2, 0.25) is 5.91 Å². The molecule has 1 amide bonds. The number of fused-ring (bicyclic) bond motifs is 3. The van der Waals surface area contributed by atoms with Gasteiger partial charge in [-0.1, -0.05) is 36.4 Å². The average molecular weight is 504 g/mol. The third-order valence-corrected chi connectivity index (χ3v) is 7.53. The van der Waals surface area contributed by atoms with Gasteiger partial charge < -0.3 is 19.7 Å². The van der Waals surface area contributed by atoms with Gasteiger partial charge in [0.1, 0.15) is 5.82 Å². The van der Waals surface area contributed by atoms with E-state index in [1.165, 1.54) is 23.4 Å². The number of methoxy groups -OCH3 is 2. The minimum atomic E-state index is -0.220. The SMILES string of the molecule is COc1ccc(CCNC(=O)[C@@H]2Cc3ccccc3N3CCN(Cc4ccc(F)cc4)C[C@H]23)cc1OC. The van der Waals surface area contributed by atoms with Crippen molar-refractivity contribution in [2.45, 2.75) is 25.4 Å². The Morgan fingerprint density at radius 1 is 0.973 bits per heavy atom. The number of carbonyl (C=O) groups is 1. The molecule has 1 N–H and O–H groups in total. The molecule has 2 aliphatic rings. The molecule has 0 spiro atoms. The first-order valence-electron chi connectivity index (χ1n) is 12.9. The van der Waals surface area contributed by atoms with Crippen LogP contribution in [-0.2, 0) is 24.2 Å².